The van der Waals surface area contributed by atoms with Crippen molar-refractivity contribution >= 4 is 0 Å². The fourth-order valence-electron chi connectivity index (χ4n) is 3.52. The van der Waals surface area contributed by atoms with Crippen molar-refractivity contribution in [1.29, 1.82) is 0 Å². The highest BCUT2D eigenvalue weighted by molar-refractivity contribution is 5.15. The molecule has 1 fully saturated rings. The van der Waals surface area contributed by atoms with E-state index in [1.165, 1.54) is 24.0 Å². The molecule has 5 nitrogen and oxygen atoms in total. The van der Waals surface area contributed by atoms with Gasteiger partial charge in [-0.1, -0.05) is 30.3 Å². The van der Waals surface area contributed by atoms with Gasteiger partial charge in [0.1, 0.15) is 0 Å². The number of aliphatic hydroxyl groups is 1. The molecule has 3 rings (SSSR count). The van der Waals surface area contributed by atoms with Gasteiger partial charge in [0.2, 0.25) is 0 Å². The summed E-state index contributed by atoms with van der Waals surface area (Å²) in [7, 11) is 0. The Kier molecular flexibility index (Phi) is 6.62. The molecular weight excluding hydrogens is 312 g/mol. The third-order valence-electron chi connectivity index (χ3n) is 4.87. The Bertz CT molecular complexity index is 618. The Labute approximate surface area is 150 Å². The topological polar surface area (TPSA) is 53.3 Å². The second-order valence-corrected chi connectivity index (χ2v) is 7.26. The molecule has 1 aromatic carbocycles. The number of β-amino-alcohol motifs (C(OH)–C–C–N with tert-alkyl or cyclic N) is 1. The molecule has 2 N–H and O–H groups in total. The number of hydrogen-bond acceptors (Lipinski definition) is 4. The van der Waals surface area contributed by atoms with Crippen molar-refractivity contribution in [2.75, 3.05) is 26.2 Å². The monoisotopic (exact) mass is 342 g/mol. The molecule has 2 aromatic rings. The van der Waals surface area contributed by atoms with Crippen LogP contribution in [0.3, 0.4) is 0 Å². The van der Waals surface area contributed by atoms with Crippen molar-refractivity contribution in [3.63, 3.8) is 0 Å². The van der Waals surface area contributed by atoms with Gasteiger partial charge in [0.15, 0.2) is 0 Å². The highest BCUT2D eigenvalue weighted by Gasteiger charge is 2.19. The maximum absolute atomic E-state index is 9.47. The lowest BCUT2D eigenvalue weighted by Gasteiger charge is -2.32. The van der Waals surface area contributed by atoms with E-state index in [1.807, 2.05) is 23.9 Å². The highest BCUT2D eigenvalue weighted by Crippen LogP contribution is 2.16. The van der Waals surface area contributed by atoms with Gasteiger partial charge in [0.05, 0.1) is 18.8 Å². The summed E-state index contributed by atoms with van der Waals surface area (Å²) in [6, 6.07) is 10.4. The number of benzene rings is 1. The fraction of sp³-hybridized carbons (Fsp3) is 0.550. The quantitative estimate of drug-likeness (QED) is 0.771. The van der Waals surface area contributed by atoms with Crippen LogP contribution in [0.4, 0.5) is 0 Å². The third kappa shape index (κ3) is 5.96. The molecule has 1 saturated heterocycles. The van der Waals surface area contributed by atoms with Crippen LogP contribution >= 0.6 is 0 Å². The molecule has 1 unspecified atom stereocenters. The van der Waals surface area contributed by atoms with Gasteiger partial charge in [-0.15, -0.1) is 0 Å². The first kappa shape index (κ1) is 18.1. The first-order valence-corrected chi connectivity index (χ1v) is 9.35. The predicted octanol–water partition coefficient (Wildman–Crippen LogP) is 2.11. The van der Waals surface area contributed by atoms with Gasteiger partial charge in [-0.25, -0.2) is 0 Å². The van der Waals surface area contributed by atoms with Gasteiger partial charge in [0, 0.05) is 24.8 Å². The van der Waals surface area contributed by atoms with Crippen molar-refractivity contribution in [2.24, 2.45) is 5.92 Å². The molecular formula is C20H30N4O. The number of nitrogens with zero attached hydrogens (tertiary/aromatic N) is 3. The summed E-state index contributed by atoms with van der Waals surface area (Å²) in [6.07, 6.45) is 6.30. The van der Waals surface area contributed by atoms with Gasteiger partial charge in [-0.3, -0.25) is 4.68 Å². The van der Waals surface area contributed by atoms with E-state index in [4.69, 9.17) is 0 Å². The Balaban J connectivity index is 1.36. The van der Waals surface area contributed by atoms with Gasteiger partial charge < -0.3 is 15.3 Å². The number of rotatable bonds is 8. The van der Waals surface area contributed by atoms with E-state index in [0.717, 1.165) is 45.2 Å². The van der Waals surface area contributed by atoms with E-state index >= 15 is 0 Å². The summed E-state index contributed by atoms with van der Waals surface area (Å²) in [5, 5.41) is 17.5. The number of nitrogens with one attached hydrogen (secondary N) is 1. The van der Waals surface area contributed by atoms with Crippen molar-refractivity contribution in [1.82, 2.24) is 20.0 Å². The van der Waals surface area contributed by atoms with Crippen molar-refractivity contribution in [2.45, 2.75) is 39.0 Å². The molecule has 5 heteroatoms. The van der Waals surface area contributed by atoms with E-state index in [2.05, 4.69) is 45.8 Å². The Morgan fingerprint density at radius 2 is 1.96 bits per heavy atom. The maximum atomic E-state index is 9.47. The van der Waals surface area contributed by atoms with Crippen LogP contribution in [0.5, 0.6) is 0 Å². The van der Waals surface area contributed by atoms with Crippen molar-refractivity contribution < 1.29 is 5.11 Å². The van der Waals surface area contributed by atoms with Crippen LogP contribution in [-0.4, -0.2) is 52.1 Å². The van der Waals surface area contributed by atoms with Crippen molar-refractivity contribution in [3.8, 4) is 0 Å². The smallest absolute Gasteiger partial charge is 0.0659 e. The van der Waals surface area contributed by atoms with Crippen LogP contribution in [0.1, 0.15) is 30.9 Å². The molecule has 1 aromatic heterocycles. The van der Waals surface area contributed by atoms with Crippen molar-refractivity contribution in [3.05, 3.63) is 53.9 Å². The van der Waals surface area contributed by atoms with Gasteiger partial charge in [0.25, 0.3) is 0 Å². The minimum Gasteiger partial charge on any atom is -0.392 e. The predicted molar refractivity (Wildman–Crippen MR) is 100 cm³/mol. The Hall–Kier alpha value is -1.69. The van der Waals surface area contributed by atoms with E-state index in [-0.39, 0.29) is 6.10 Å². The molecule has 1 aliphatic rings. The van der Waals surface area contributed by atoms with Crippen LogP contribution in [-0.2, 0) is 13.1 Å². The van der Waals surface area contributed by atoms with Gasteiger partial charge >= 0.3 is 0 Å². The van der Waals surface area contributed by atoms with Crippen LogP contribution in [0.2, 0.25) is 0 Å². The van der Waals surface area contributed by atoms with E-state index in [9.17, 15) is 5.11 Å². The summed E-state index contributed by atoms with van der Waals surface area (Å²) in [4.78, 5) is 2.37. The number of likely N-dealkylation sites (tertiary alicyclic amines) is 1. The summed E-state index contributed by atoms with van der Waals surface area (Å²) in [5.74, 6) is 0.740. The van der Waals surface area contributed by atoms with Crippen LogP contribution in [0, 0.1) is 5.92 Å². The summed E-state index contributed by atoms with van der Waals surface area (Å²) in [6.45, 7) is 7.64. The lowest BCUT2D eigenvalue weighted by atomic mass is 9.96. The minimum atomic E-state index is -0.220. The summed E-state index contributed by atoms with van der Waals surface area (Å²) >= 11 is 0. The fourth-order valence-corrected chi connectivity index (χ4v) is 3.52. The molecule has 1 aliphatic heterocycles. The zero-order chi connectivity index (χ0) is 17.5. The van der Waals surface area contributed by atoms with Crippen LogP contribution in [0.15, 0.2) is 42.7 Å². The second-order valence-electron chi connectivity index (χ2n) is 7.26. The number of aliphatic hydroxyl groups excluding tert-OH is 1. The first-order valence-electron chi connectivity index (χ1n) is 9.35. The Morgan fingerprint density at radius 1 is 1.20 bits per heavy atom. The van der Waals surface area contributed by atoms with Crippen LogP contribution < -0.4 is 5.32 Å². The van der Waals surface area contributed by atoms with Gasteiger partial charge in [-0.05, 0) is 50.9 Å². The first-order chi connectivity index (χ1) is 12.2. The number of aromatic nitrogens is 2. The molecule has 0 amide bonds. The zero-order valence-corrected chi connectivity index (χ0v) is 15.1. The maximum Gasteiger partial charge on any atom is 0.0659 e. The van der Waals surface area contributed by atoms with E-state index in [1.54, 1.807) is 0 Å². The van der Waals surface area contributed by atoms with E-state index < -0.39 is 0 Å². The third-order valence-corrected chi connectivity index (χ3v) is 4.87. The average Bonchev–Trinajstić information content (AvgIpc) is 3.04. The molecule has 25 heavy (non-hydrogen) atoms. The van der Waals surface area contributed by atoms with E-state index in [0.29, 0.717) is 0 Å². The molecule has 1 atom stereocenters. The normalized spacial score (nSPS) is 17.7. The number of piperidine rings is 1. The summed E-state index contributed by atoms with van der Waals surface area (Å²) in [5.41, 5.74) is 2.51. The average molecular weight is 342 g/mol. The molecule has 2 heterocycles. The molecule has 0 saturated carbocycles. The largest absolute Gasteiger partial charge is 0.392 e. The minimum absolute atomic E-state index is 0.220. The second kappa shape index (κ2) is 9.13. The Morgan fingerprint density at radius 3 is 2.68 bits per heavy atom. The lowest BCUT2D eigenvalue weighted by molar-refractivity contribution is 0.0998. The zero-order valence-electron chi connectivity index (χ0n) is 15.1. The molecule has 0 spiro atoms. The summed E-state index contributed by atoms with van der Waals surface area (Å²) < 4.78 is 2.00. The van der Waals surface area contributed by atoms with Crippen LogP contribution in [0.25, 0.3) is 0 Å². The molecule has 0 bridgehead atoms. The molecule has 136 valence electrons. The number of hydrogen-bond donors (Lipinski definition) is 2. The molecule has 0 radical (unpaired) electrons. The molecule has 0 aliphatic carbocycles. The SMILES string of the molecule is CC(O)CN1CCC(CNCc2cnn(Cc3ccccc3)c2)CC1. The standard InChI is InChI=1S/C20H30N4O/c1-17(25)14-23-9-7-18(8-10-23)11-21-12-20-13-22-24(16-20)15-19-5-3-2-4-6-19/h2-6,13,16-18,21,25H,7-12,14-15H2,1H3. The highest BCUT2D eigenvalue weighted by atomic mass is 16.3. The lowest BCUT2D eigenvalue weighted by Crippen LogP contribution is -2.40. The van der Waals surface area contributed by atoms with Gasteiger partial charge in [-0.2, -0.15) is 5.10 Å².